The van der Waals surface area contributed by atoms with E-state index in [1.54, 1.807) is 62.8 Å². The van der Waals surface area contributed by atoms with Gasteiger partial charge in [-0.25, -0.2) is 9.59 Å². The number of carbonyl (C=O) groups excluding carboxylic acids is 1. The first-order valence-electron chi connectivity index (χ1n) is 8.61. The minimum absolute atomic E-state index is 0.137. The lowest BCUT2D eigenvalue weighted by Gasteiger charge is -2.13. The zero-order chi connectivity index (χ0) is 20.6. The molecule has 0 fully saturated rings. The van der Waals surface area contributed by atoms with Crippen molar-refractivity contribution in [1.29, 1.82) is 0 Å². The van der Waals surface area contributed by atoms with E-state index in [2.05, 4.69) is 5.32 Å². The van der Waals surface area contributed by atoms with E-state index in [1.807, 2.05) is 0 Å². The molecule has 2 aromatic carbocycles. The molecule has 1 heterocycles. The molecule has 1 aromatic heterocycles. The van der Waals surface area contributed by atoms with E-state index in [-0.39, 0.29) is 11.6 Å². The third-order valence-corrected chi connectivity index (χ3v) is 4.59. The summed E-state index contributed by atoms with van der Waals surface area (Å²) in [4.78, 5) is 35.4. The first-order valence-corrected chi connectivity index (χ1v) is 8.61. The Kier molecular flexibility index (Phi) is 4.96. The Hall–Kier alpha value is -3.55. The molecule has 3 aromatic rings. The highest BCUT2D eigenvalue weighted by atomic mass is 16.5. The predicted octanol–water partition coefficient (Wildman–Crippen LogP) is 2.21. The second kappa shape index (κ2) is 7.22. The molecule has 0 bridgehead atoms. The zero-order valence-electron chi connectivity index (χ0n) is 16.1. The summed E-state index contributed by atoms with van der Waals surface area (Å²) in [6.07, 6.45) is 0. The van der Waals surface area contributed by atoms with Crippen molar-refractivity contribution in [2.75, 3.05) is 11.9 Å². The molecule has 0 saturated heterocycles. The van der Waals surface area contributed by atoms with Crippen LogP contribution in [0.25, 0.3) is 11.0 Å². The van der Waals surface area contributed by atoms with Crippen molar-refractivity contribution < 1.29 is 19.4 Å². The molecular weight excluding hydrogens is 362 g/mol. The van der Waals surface area contributed by atoms with Crippen molar-refractivity contribution in [3.63, 3.8) is 0 Å². The highest BCUT2D eigenvalue weighted by Gasteiger charge is 2.14. The van der Waals surface area contributed by atoms with Crippen molar-refractivity contribution in [3.05, 3.63) is 57.5 Å². The third kappa shape index (κ3) is 3.48. The average molecular weight is 383 g/mol. The molecule has 8 heteroatoms. The molecule has 28 heavy (non-hydrogen) atoms. The molecule has 3 rings (SSSR count). The molecule has 2 N–H and O–H groups in total. The molecule has 1 amide bonds. The van der Waals surface area contributed by atoms with Gasteiger partial charge in [-0.1, -0.05) is 0 Å². The number of aliphatic carboxylic acids is 1. The second-order valence-electron chi connectivity index (χ2n) is 6.68. The number of anilines is 1. The van der Waals surface area contributed by atoms with E-state index in [9.17, 15) is 14.4 Å². The summed E-state index contributed by atoms with van der Waals surface area (Å²) in [7, 11) is 3.38. The number of carboxylic acids is 1. The van der Waals surface area contributed by atoms with E-state index in [0.29, 0.717) is 28.1 Å². The molecule has 0 atom stereocenters. The summed E-state index contributed by atoms with van der Waals surface area (Å²) in [5.74, 6) is -0.915. The maximum Gasteiger partial charge on any atom is 0.341 e. The van der Waals surface area contributed by atoms with Crippen LogP contribution in [0.15, 0.2) is 35.1 Å². The van der Waals surface area contributed by atoms with Gasteiger partial charge in [-0.2, -0.15) is 0 Å². The van der Waals surface area contributed by atoms with Crippen molar-refractivity contribution >= 4 is 28.6 Å². The number of benzene rings is 2. The van der Waals surface area contributed by atoms with Crippen LogP contribution in [0.2, 0.25) is 0 Å². The number of nitrogens with zero attached hydrogens (tertiary/aromatic N) is 2. The zero-order valence-corrected chi connectivity index (χ0v) is 16.1. The number of aromatic nitrogens is 2. The molecule has 0 aliphatic heterocycles. The number of carbonyl (C=O) groups is 2. The van der Waals surface area contributed by atoms with E-state index < -0.39 is 12.6 Å². The van der Waals surface area contributed by atoms with E-state index in [4.69, 9.17) is 9.84 Å². The number of fused-ring (bicyclic) bond motifs is 1. The number of carboxylic acid groups (broad SMARTS) is 1. The lowest BCUT2D eigenvalue weighted by Crippen LogP contribution is -2.19. The summed E-state index contributed by atoms with van der Waals surface area (Å²) in [6, 6.07) is 8.57. The van der Waals surface area contributed by atoms with Crippen LogP contribution in [0, 0.1) is 13.8 Å². The fourth-order valence-electron chi connectivity index (χ4n) is 3.23. The number of amides is 1. The van der Waals surface area contributed by atoms with Gasteiger partial charge in [0.1, 0.15) is 5.75 Å². The normalized spacial score (nSPS) is 10.9. The Labute approximate surface area is 161 Å². The van der Waals surface area contributed by atoms with Gasteiger partial charge in [0, 0.05) is 25.3 Å². The van der Waals surface area contributed by atoms with Gasteiger partial charge in [0.2, 0.25) is 0 Å². The van der Waals surface area contributed by atoms with Gasteiger partial charge in [0.25, 0.3) is 5.91 Å². The Balaban J connectivity index is 1.87. The van der Waals surface area contributed by atoms with Crippen LogP contribution >= 0.6 is 0 Å². The van der Waals surface area contributed by atoms with Crippen LogP contribution < -0.4 is 15.7 Å². The Morgan fingerprint density at radius 2 is 1.64 bits per heavy atom. The van der Waals surface area contributed by atoms with E-state index >= 15 is 0 Å². The standard InChI is InChI=1S/C20H21N3O5/c1-11-7-13(8-12(2)18(11)28-10-17(24)25)19(26)21-14-5-6-15-16(9-14)23(4)20(27)22(15)3/h5-9H,10H2,1-4H3,(H,21,26)(H,24,25). The molecular formula is C20H21N3O5. The number of ether oxygens (including phenoxy) is 1. The SMILES string of the molecule is Cc1cc(C(=O)Nc2ccc3c(c2)n(C)c(=O)n3C)cc(C)c1OCC(=O)O. The molecule has 0 radical (unpaired) electrons. The first-order chi connectivity index (χ1) is 13.2. The summed E-state index contributed by atoms with van der Waals surface area (Å²) >= 11 is 0. The van der Waals surface area contributed by atoms with Crippen molar-refractivity contribution in [2.24, 2.45) is 14.1 Å². The van der Waals surface area contributed by atoms with E-state index in [0.717, 1.165) is 11.0 Å². The minimum atomic E-state index is -1.06. The number of imidazole rings is 1. The minimum Gasteiger partial charge on any atom is -0.481 e. The summed E-state index contributed by atoms with van der Waals surface area (Å²) in [5.41, 5.74) is 3.70. The third-order valence-electron chi connectivity index (χ3n) is 4.59. The van der Waals surface area contributed by atoms with Gasteiger partial charge < -0.3 is 15.2 Å². The Bertz CT molecular complexity index is 1130. The lowest BCUT2D eigenvalue weighted by atomic mass is 10.0. The first kappa shape index (κ1) is 19.2. The number of aryl methyl sites for hydroxylation is 4. The van der Waals surface area contributed by atoms with Crippen molar-refractivity contribution in [2.45, 2.75) is 13.8 Å². The van der Waals surface area contributed by atoms with Gasteiger partial charge in [0.15, 0.2) is 6.61 Å². The Morgan fingerprint density at radius 3 is 2.25 bits per heavy atom. The molecule has 146 valence electrons. The van der Waals surface area contributed by atoms with Crippen LogP contribution in [-0.4, -0.2) is 32.7 Å². The van der Waals surface area contributed by atoms with Gasteiger partial charge >= 0.3 is 11.7 Å². The highest BCUT2D eigenvalue weighted by molar-refractivity contribution is 6.05. The van der Waals surface area contributed by atoms with Crippen LogP contribution in [-0.2, 0) is 18.9 Å². The molecule has 0 aliphatic rings. The molecule has 0 aliphatic carbocycles. The van der Waals surface area contributed by atoms with Crippen LogP contribution in [0.1, 0.15) is 21.5 Å². The van der Waals surface area contributed by atoms with Gasteiger partial charge in [-0.3, -0.25) is 13.9 Å². The molecule has 0 saturated carbocycles. The molecule has 8 nitrogen and oxygen atoms in total. The number of hydrogen-bond donors (Lipinski definition) is 2. The smallest absolute Gasteiger partial charge is 0.341 e. The van der Waals surface area contributed by atoms with Crippen LogP contribution in [0.3, 0.4) is 0 Å². The maximum absolute atomic E-state index is 12.7. The number of hydrogen-bond acceptors (Lipinski definition) is 4. The largest absolute Gasteiger partial charge is 0.481 e. The topological polar surface area (TPSA) is 103 Å². The van der Waals surface area contributed by atoms with Crippen LogP contribution in [0.4, 0.5) is 5.69 Å². The van der Waals surface area contributed by atoms with Gasteiger partial charge in [0.05, 0.1) is 11.0 Å². The fourth-order valence-corrected chi connectivity index (χ4v) is 3.23. The average Bonchev–Trinajstić information content (AvgIpc) is 2.84. The molecule has 0 spiro atoms. The van der Waals surface area contributed by atoms with E-state index in [1.165, 1.54) is 4.57 Å². The van der Waals surface area contributed by atoms with Gasteiger partial charge in [-0.15, -0.1) is 0 Å². The number of nitrogens with one attached hydrogen (secondary N) is 1. The quantitative estimate of drug-likeness (QED) is 0.703. The fraction of sp³-hybridized carbons (Fsp3) is 0.250. The van der Waals surface area contributed by atoms with Gasteiger partial charge in [-0.05, 0) is 55.3 Å². The Morgan fingerprint density at radius 1 is 1.04 bits per heavy atom. The highest BCUT2D eigenvalue weighted by Crippen LogP contribution is 2.26. The summed E-state index contributed by atoms with van der Waals surface area (Å²) < 4.78 is 8.36. The summed E-state index contributed by atoms with van der Waals surface area (Å²) in [5, 5.41) is 11.6. The maximum atomic E-state index is 12.7. The second-order valence-corrected chi connectivity index (χ2v) is 6.68. The number of rotatable bonds is 5. The predicted molar refractivity (Wildman–Crippen MR) is 105 cm³/mol. The molecule has 0 unspecified atom stereocenters. The monoisotopic (exact) mass is 383 g/mol. The summed E-state index contributed by atoms with van der Waals surface area (Å²) in [6.45, 7) is 3.07. The lowest BCUT2D eigenvalue weighted by molar-refractivity contribution is -0.139. The van der Waals surface area contributed by atoms with Crippen LogP contribution in [0.5, 0.6) is 5.75 Å². The van der Waals surface area contributed by atoms with Crippen molar-refractivity contribution in [3.8, 4) is 5.75 Å². The van der Waals surface area contributed by atoms with Crippen molar-refractivity contribution in [1.82, 2.24) is 9.13 Å².